The van der Waals surface area contributed by atoms with E-state index in [1.54, 1.807) is 6.26 Å². The van der Waals surface area contributed by atoms with E-state index in [4.69, 9.17) is 16.0 Å². The number of rotatable bonds is 7. The smallest absolute Gasteiger partial charge is 0.216 e. The monoisotopic (exact) mass is 569 g/mol. The van der Waals surface area contributed by atoms with Crippen LogP contribution in [-0.2, 0) is 13.1 Å². The molecule has 3 N–H and O–H groups in total. The van der Waals surface area contributed by atoms with E-state index in [0.29, 0.717) is 30.0 Å². The van der Waals surface area contributed by atoms with Crippen LogP contribution in [0.25, 0.3) is 11.6 Å². The van der Waals surface area contributed by atoms with Gasteiger partial charge in [0.05, 0.1) is 6.26 Å². The summed E-state index contributed by atoms with van der Waals surface area (Å²) in [7, 11) is 0. The van der Waals surface area contributed by atoms with Crippen LogP contribution < -0.4 is 10.6 Å². The summed E-state index contributed by atoms with van der Waals surface area (Å²) >= 11 is 5.98. The maximum Gasteiger partial charge on any atom is 0.216 e. The summed E-state index contributed by atoms with van der Waals surface area (Å²) in [6, 6.07) is 12.2. The lowest BCUT2D eigenvalue weighted by Gasteiger charge is -2.33. The van der Waals surface area contributed by atoms with Gasteiger partial charge in [-0.15, -0.1) is 29.1 Å². The molecule has 3 aromatic rings. The highest BCUT2D eigenvalue weighted by molar-refractivity contribution is 14.0. The van der Waals surface area contributed by atoms with E-state index >= 15 is 0 Å². The molecule has 1 aliphatic rings. The molecule has 0 spiro atoms. The van der Waals surface area contributed by atoms with Gasteiger partial charge in [-0.3, -0.25) is 10.00 Å². The lowest BCUT2D eigenvalue weighted by Crippen LogP contribution is -2.48. The van der Waals surface area contributed by atoms with Gasteiger partial charge in [-0.05, 0) is 49.6 Å². The highest BCUT2D eigenvalue weighted by Crippen LogP contribution is 2.16. The van der Waals surface area contributed by atoms with Gasteiger partial charge >= 0.3 is 0 Å². The Morgan fingerprint density at radius 3 is 2.72 bits per heavy atom. The van der Waals surface area contributed by atoms with E-state index in [1.165, 1.54) is 5.56 Å². The number of aromatic amines is 1. The molecule has 8 nitrogen and oxygen atoms in total. The van der Waals surface area contributed by atoms with Gasteiger partial charge in [-0.2, -0.15) is 0 Å². The molecule has 0 atom stereocenters. The minimum atomic E-state index is 0. The fourth-order valence-electron chi connectivity index (χ4n) is 3.63. The maximum atomic E-state index is 5.98. The predicted octanol–water partition coefficient (Wildman–Crippen LogP) is 4.06. The van der Waals surface area contributed by atoms with Crippen molar-refractivity contribution in [3.8, 4) is 11.6 Å². The Bertz CT molecular complexity index is 967. The van der Waals surface area contributed by atoms with Gasteiger partial charge in [0.1, 0.15) is 12.4 Å². The molecule has 1 saturated heterocycles. The molecule has 0 saturated carbocycles. The molecule has 0 amide bonds. The van der Waals surface area contributed by atoms with Crippen molar-refractivity contribution >= 4 is 41.5 Å². The molecular formula is C22H29ClIN7O. The molecule has 3 heterocycles. The number of nitrogens with one attached hydrogen (secondary N) is 3. The number of H-pyrrole nitrogens is 1. The average Bonchev–Trinajstić information content (AvgIpc) is 3.47. The number of aliphatic imine (C=N–C) groups is 1. The van der Waals surface area contributed by atoms with E-state index in [0.717, 1.165) is 50.0 Å². The highest BCUT2D eigenvalue weighted by Gasteiger charge is 2.20. The summed E-state index contributed by atoms with van der Waals surface area (Å²) in [5, 5.41) is 14.8. The Hall–Kier alpha value is -2.11. The fraction of sp³-hybridized carbons (Fsp3) is 0.409. The van der Waals surface area contributed by atoms with Crippen molar-refractivity contribution < 1.29 is 4.42 Å². The second-order valence-electron chi connectivity index (χ2n) is 7.60. The fourth-order valence-corrected chi connectivity index (χ4v) is 3.76. The van der Waals surface area contributed by atoms with E-state index in [9.17, 15) is 0 Å². The minimum absolute atomic E-state index is 0. The number of guanidine groups is 1. The number of hydrogen-bond acceptors (Lipinski definition) is 5. The third kappa shape index (κ3) is 6.94. The standard InChI is InChI=1S/C22H28ClN7O.HI/c1-2-24-22(25-14-20-27-21(29-28-20)19-4-3-13-31-19)26-18-9-11-30(12-10-18)15-16-5-7-17(23)8-6-16;/h3-8,13,18H,2,9-12,14-15H2,1H3,(H2,24,25,26)(H,27,28,29);1H. The third-order valence-electron chi connectivity index (χ3n) is 5.25. The van der Waals surface area contributed by atoms with Crippen LogP contribution in [0.1, 0.15) is 31.2 Å². The molecule has 0 aliphatic carbocycles. The molecule has 10 heteroatoms. The second-order valence-corrected chi connectivity index (χ2v) is 8.04. The van der Waals surface area contributed by atoms with Crippen LogP contribution in [-0.4, -0.2) is 51.7 Å². The Morgan fingerprint density at radius 1 is 1.25 bits per heavy atom. The van der Waals surface area contributed by atoms with Crippen molar-refractivity contribution in [1.82, 2.24) is 30.7 Å². The van der Waals surface area contributed by atoms with Crippen LogP contribution in [0.5, 0.6) is 0 Å². The van der Waals surface area contributed by atoms with Gasteiger partial charge in [0.15, 0.2) is 11.7 Å². The first-order chi connectivity index (χ1) is 15.2. The number of furan rings is 1. The molecule has 1 aliphatic heterocycles. The Morgan fingerprint density at radius 2 is 2.03 bits per heavy atom. The zero-order chi connectivity index (χ0) is 21.5. The maximum absolute atomic E-state index is 5.98. The molecule has 0 radical (unpaired) electrons. The van der Waals surface area contributed by atoms with Gasteiger partial charge in [-0.1, -0.05) is 23.7 Å². The van der Waals surface area contributed by atoms with Crippen molar-refractivity contribution in [1.29, 1.82) is 0 Å². The van der Waals surface area contributed by atoms with Gasteiger partial charge in [0, 0.05) is 37.2 Å². The Balaban J connectivity index is 0.00000289. The average molecular weight is 570 g/mol. The van der Waals surface area contributed by atoms with Gasteiger partial charge in [-0.25, -0.2) is 9.98 Å². The van der Waals surface area contributed by atoms with Crippen molar-refractivity contribution in [2.45, 2.75) is 38.9 Å². The van der Waals surface area contributed by atoms with Gasteiger partial charge in [0.2, 0.25) is 5.82 Å². The number of piperidine rings is 1. The van der Waals surface area contributed by atoms with Crippen LogP contribution in [0, 0.1) is 0 Å². The van der Waals surface area contributed by atoms with Crippen LogP contribution in [0.15, 0.2) is 52.1 Å². The predicted molar refractivity (Wildman–Crippen MR) is 137 cm³/mol. The number of halogens is 2. The van der Waals surface area contributed by atoms with Crippen LogP contribution in [0.4, 0.5) is 0 Å². The summed E-state index contributed by atoms with van der Waals surface area (Å²) in [4.78, 5) is 11.6. The largest absolute Gasteiger partial charge is 0.461 e. The molecular weight excluding hydrogens is 541 g/mol. The number of hydrogen-bond donors (Lipinski definition) is 3. The van der Waals surface area contributed by atoms with E-state index in [2.05, 4.69) is 54.8 Å². The second kappa shape index (κ2) is 12.2. The van der Waals surface area contributed by atoms with Crippen molar-refractivity contribution in [3.05, 3.63) is 59.1 Å². The van der Waals surface area contributed by atoms with Crippen LogP contribution in [0.3, 0.4) is 0 Å². The quantitative estimate of drug-likeness (QED) is 0.226. The minimum Gasteiger partial charge on any atom is -0.461 e. The SMILES string of the molecule is CCNC(=NCc1nc(-c2ccco2)n[nH]1)NC1CCN(Cc2ccc(Cl)cc2)CC1.I. The molecule has 0 unspecified atom stereocenters. The summed E-state index contributed by atoms with van der Waals surface area (Å²) < 4.78 is 5.33. The van der Waals surface area contributed by atoms with Crippen LogP contribution >= 0.6 is 35.6 Å². The first kappa shape index (κ1) is 24.5. The van der Waals surface area contributed by atoms with Crippen molar-refractivity contribution in [2.75, 3.05) is 19.6 Å². The summed E-state index contributed by atoms with van der Waals surface area (Å²) in [6.45, 7) is 6.34. The Labute approximate surface area is 210 Å². The first-order valence-electron chi connectivity index (χ1n) is 10.7. The molecule has 172 valence electrons. The molecule has 1 aromatic carbocycles. The molecule has 0 bridgehead atoms. The summed E-state index contributed by atoms with van der Waals surface area (Å²) in [6.07, 6.45) is 3.75. The van der Waals surface area contributed by atoms with Crippen LogP contribution in [0.2, 0.25) is 5.02 Å². The molecule has 2 aromatic heterocycles. The van der Waals surface area contributed by atoms with Gasteiger partial charge in [0.25, 0.3) is 0 Å². The van der Waals surface area contributed by atoms with Gasteiger partial charge < -0.3 is 15.1 Å². The topological polar surface area (TPSA) is 94.4 Å². The van der Waals surface area contributed by atoms with E-state index in [-0.39, 0.29) is 24.0 Å². The first-order valence-corrected chi connectivity index (χ1v) is 11.0. The number of nitrogens with zero attached hydrogens (tertiary/aromatic N) is 4. The number of benzene rings is 1. The third-order valence-corrected chi connectivity index (χ3v) is 5.50. The highest BCUT2D eigenvalue weighted by atomic mass is 127. The molecule has 1 fully saturated rings. The van der Waals surface area contributed by atoms with E-state index < -0.39 is 0 Å². The molecule has 32 heavy (non-hydrogen) atoms. The normalized spacial score (nSPS) is 15.4. The number of aromatic nitrogens is 3. The summed E-state index contributed by atoms with van der Waals surface area (Å²) in [5.74, 6) is 2.68. The zero-order valence-corrected chi connectivity index (χ0v) is 21.1. The zero-order valence-electron chi connectivity index (χ0n) is 18.1. The molecule has 4 rings (SSSR count). The number of likely N-dealkylation sites (tertiary alicyclic amines) is 1. The lowest BCUT2D eigenvalue weighted by atomic mass is 10.0. The Kier molecular flexibility index (Phi) is 9.36. The van der Waals surface area contributed by atoms with Crippen molar-refractivity contribution in [2.24, 2.45) is 4.99 Å². The van der Waals surface area contributed by atoms with E-state index in [1.807, 2.05) is 24.3 Å². The lowest BCUT2D eigenvalue weighted by molar-refractivity contribution is 0.198. The summed E-state index contributed by atoms with van der Waals surface area (Å²) in [5.41, 5.74) is 1.30. The van der Waals surface area contributed by atoms with Crippen molar-refractivity contribution in [3.63, 3.8) is 0 Å².